The highest BCUT2D eigenvalue weighted by Crippen LogP contribution is 2.34. The van der Waals surface area contributed by atoms with E-state index >= 15 is 0 Å². The molecule has 0 radical (unpaired) electrons. The first-order chi connectivity index (χ1) is 18.5. The summed E-state index contributed by atoms with van der Waals surface area (Å²) < 4.78 is 7.52. The van der Waals surface area contributed by atoms with Crippen LogP contribution in [0.5, 0.6) is 5.75 Å². The Morgan fingerprint density at radius 3 is 2.29 bits per heavy atom. The third kappa shape index (κ3) is 4.64. The molecular formula is C31H32N4O3. The van der Waals surface area contributed by atoms with Gasteiger partial charge in [-0.15, -0.1) is 0 Å². The number of likely N-dealkylation sites (tertiary alicyclic amines) is 1. The Morgan fingerprint density at radius 1 is 0.947 bits per heavy atom. The van der Waals surface area contributed by atoms with Crippen molar-refractivity contribution in [2.24, 2.45) is 11.8 Å². The molecule has 1 unspecified atom stereocenters. The van der Waals surface area contributed by atoms with Crippen molar-refractivity contribution in [2.45, 2.75) is 25.8 Å². The summed E-state index contributed by atoms with van der Waals surface area (Å²) in [6.07, 6.45) is 3.04. The van der Waals surface area contributed by atoms with Crippen LogP contribution in [-0.2, 0) is 11.3 Å². The zero-order valence-corrected chi connectivity index (χ0v) is 21.8. The molecule has 4 aromatic rings. The molecule has 2 heterocycles. The minimum Gasteiger partial charge on any atom is -0.497 e. The number of hydrogen-bond donors (Lipinski definition) is 1. The van der Waals surface area contributed by atoms with E-state index in [4.69, 9.17) is 9.72 Å². The number of carbonyl (C=O) groups excluding carboxylic acids is 2. The Bertz CT molecular complexity index is 1490. The summed E-state index contributed by atoms with van der Waals surface area (Å²) in [5.74, 6) is 2.50. The van der Waals surface area contributed by atoms with Crippen LogP contribution in [0.1, 0.15) is 29.6 Å². The summed E-state index contributed by atoms with van der Waals surface area (Å²) in [6.45, 7) is 2.35. The van der Waals surface area contributed by atoms with Crippen LogP contribution in [0, 0.1) is 11.8 Å². The van der Waals surface area contributed by atoms with E-state index in [1.54, 1.807) is 14.2 Å². The molecule has 2 amide bonds. The molecule has 1 saturated carbocycles. The van der Waals surface area contributed by atoms with Gasteiger partial charge in [0.05, 0.1) is 18.1 Å². The highest BCUT2D eigenvalue weighted by Gasteiger charge is 2.36. The monoisotopic (exact) mass is 508 g/mol. The van der Waals surface area contributed by atoms with Crippen molar-refractivity contribution in [3.63, 3.8) is 0 Å². The van der Waals surface area contributed by atoms with Gasteiger partial charge in [0.2, 0.25) is 5.91 Å². The second-order valence-electron chi connectivity index (χ2n) is 10.3. The highest BCUT2D eigenvalue weighted by atomic mass is 16.5. The summed E-state index contributed by atoms with van der Waals surface area (Å²) in [4.78, 5) is 32.1. The molecule has 0 spiro atoms. The lowest BCUT2D eigenvalue weighted by Gasteiger charge is -2.18. The molecule has 1 atom stereocenters. The van der Waals surface area contributed by atoms with Gasteiger partial charge in [-0.2, -0.15) is 0 Å². The molecule has 2 aliphatic rings. The summed E-state index contributed by atoms with van der Waals surface area (Å²) in [7, 11) is 3.31. The molecule has 1 aromatic heterocycles. The topological polar surface area (TPSA) is 76.5 Å². The summed E-state index contributed by atoms with van der Waals surface area (Å²) >= 11 is 0. The van der Waals surface area contributed by atoms with Gasteiger partial charge in [-0.25, -0.2) is 4.98 Å². The average molecular weight is 509 g/mol. The SMILES string of the molecule is CNC(=O)c1ccc2nc(-c3ccc(-c4ccc(OC)cc4)cc3)n(CC3CCN(C(=O)C4CC4)C3)c2c1. The lowest BCUT2D eigenvalue weighted by Crippen LogP contribution is -2.30. The maximum atomic E-state index is 12.6. The molecule has 7 heteroatoms. The van der Waals surface area contributed by atoms with E-state index in [1.165, 1.54) is 0 Å². The number of fused-ring (bicyclic) bond motifs is 1. The molecule has 2 fully saturated rings. The largest absolute Gasteiger partial charge is 0.497 e. The van der Waals surface area contributed by atoms with Crippen LogP contribution in [0.25, 0.3) is 33.5 Å². The molecule has 38 heavy (non-hydrogen) atoms. The Hall–Kier alpha value is -4.13. The van der Waals surface area contributed by atoms with Gasteiger partial charge in [-0.3, -0.25) is 9.59 Å². The molecule has 1 aliphatic carbocycles. The van der Waals surface area contributed by atoms with Gasteiger partial charge in [0.1, 0.15) is 11.6 Å². The van der Waals surface area contributed by atoms with Crippen LogP contribution in [0.2, 0.25) is 0 Å². The fourth-order valence-electron chi connectivity index (χ4n) is 5.44. The molecule has 6 rings (SSSR count). The van der Waals surface area contributed by atoms with E-state index in [0.717, 1.165) is 78.2 Å². The number of aromatic nitrogens is 2. The first-order valence-electron chi connectivity index (χ1n) is 13.3. The second-order valence-corrected chi connectivity index (χ2v) is 10.3. The number of amides is 2. The van der Waals surface area contributed by atoms with Gasteiger partial charge in [0.25, 0.3) is 5.91 Å². The highest BCUT2D eigenvalue weighted by molar-refractivity contribution is 5.97. The molecule has 1 aliphatic heterocycles. The fraction of sp³-hybridized carbons (Fsp3) is 0.323. The average Bonchev–Trinajstić information content (AvgIpc) is 3.61. The van der Waals surface area contributed by atoms with Crippen molar-refractivity contribution < 1.29 is 14.3 Å². The first kappa shape index (κ1) is 24.2. The zero-order valence-electron chi connectivity index (χ0n) is 21.8. The Labute approximate surface area is 222 Å². The molecular weight excluding hydrogens is 476 g/mol. The van der Waals surface area contributed by atoms with Crippen molar-refractivity contribution in [1.29, 1.82) is 0 Å². The number of carbonyl (C=O) groups is 2. The molecule has 1 N–H and O–H groups in total. The predicted octanol–water partition coefficient (Wildman–Crippen LogP) is 5.00. The summed E-state index contributed by atoms with van der Waals surface area (Å²) in [5, 5.41) is 2.72. The lowest BCUT2D eigenvalue weighted by molar-refractivity contribution is -0.131. The number of nitrogens with one attached hydrogen (secondary N) is 1. The Balaban J connectivity index is 1.34. The maximum absolute atomic E-state index is 12.6. The molecule has 1 saturated heterocycles. The predicted molar refractivity (Wildman–Crippen MR) is 148 cm³/mol. The van der Waals surface area contributed by atoms with Crippen molar-refractivity contribution in [2.75, 3.05) is 27.2 Å². The Kier molecular flexibility index (Phi) is 6.35. The van der Waals surface area contributed by atoms with Crippen molar-refractivity contribution in [3.05, 3.63) is 72.3 Å². The number of ether oxygens (including phenoxy) is 1. The summed E-state index contributed by atoms with van der Waals surface area (Å²) in [5.41, 5.74) is 5.66. The lowest BCUT2D eigenvalue weighted by atomic mass is 10.0. The van der Waals surface area contributed by atoms with Crippen LogP contribution >= 0.6 is 0 Å². The van der Waals surface area contributed by atoms with Gasteiger partial charge >= 0.3 is 0 Å². The fourth-order valence-corrected chi connectivity index (χ4v) is 5.44. The zero-order chi connectivity index (χ0) is 26.2. The van der Waals surface area contributed by atoms with E-state index in [2.05, 4.69) is 46.3 Å². The number of hydrogen-bond acceptors (Lipinski definition) is 4. The molecule has 0 bridgehead atoms. The molecule has 3 aromatic carbocycles. The number of methoxy groups -OCH3 is 1. The third-order valence-corrected chi connectivity index (χ3v) is 7.77. The van der Waals surface area contributed by atoms with E-state index in [1.807, 2.05) is 35.2 Å². The van der Waals surface area contributed by atoms with Crippen LogP contribution in [0.3, 0.4) is 0 Å². The molecule has 7 nitrogen and oxygen atoms in total. The van der Waals surface area contributed by atoms with Crippen molar-refractivity contribution >= 4 is 22.8 Å². The smallest absolute Gasteiger partial charge is 0.251 e. The number of imidazole rings is 1. The Morgan fingerprint density at radius 2 is 1.63 bits per heavy atom. The van der Waals surface area contributed by atoms with Crippen LogP contribution in [0.15, 0.2) is 66.7 Å². The number of rotatable bonds is 7. The van der Waals surface area contributed by atoms with Gasteiger partial charge in [0, 0.05) is 43.7 Å². The second kappa shape index (κ2) is 9.97. The van der Waals surface area contributed by atoms with Gasteiger partial charge < -0.3 is 19.5 Å². The number of nitrogens with zero attached hydrogens (tertiary/aromatic N) is 3. The first-order valence-corrected chi connectivity index (χ1v) is 13.3. The number of benzene rings is 3. The van der Waals surface area contributed by atoms with E-state index in [9.17, 15) is 9.59 Å². The standard InChI is InChI=1S/C31H32N4O3/c1-32-30(36)25-11-14-27-28(17-25)35(19-20-15-16-34(18-20)31(37)24-7-8-24)29(33-27)23-5-3-21(4-6-23)22-9-12-26(38-2)13-10-22/h3-6,9-14,17,20,24H,7-8,15-16,18-19H2,1-2H3,(H,32,36). The maximum Gasteiger partial charge on any atom is 0.251 e. The minimum atomic E-state index is -0.118. The molecule has 194 valence electrons. The van der Waals surface area contributed by atoms with Crippen molar-refractivity contribution in [3.8, 4) is 28.3 Å². The van der Waals surface area contributed by atoms with Crippen molar-refractivity contribution in [1.82, 2.24) is 19.8 Å². The van der Waals surface area contributed by atoms with Gasteiger partial charge in [-0.05, 0) is 66.6 Å². The summed E-state index contributed by atoms with van der Waals surface area (Å²) in [6, 6.07) is 22.1. The van der Waals surface area contributed by atoms with Gasteiger partial charge in [0.15, 0.2) is 0 Å². The van der Waals surface area contributed by atoms with Crippen LogP contribution < -0.4 is 10.1 Å². The van der Waals surface area contributed by atoms with E-state index in [0.29, 0.717) is 17.4 Å². The third-order valence-electron chi connectivity index (χ3n) is 7.77. The van der Waals surface area contributed by atoms with E-state index < -0.39 is 0 Å². The normalized spacial score (nSPS) is 17.1. The quantitative estimate of drug-likeness (QED) is 0.381. The van der Waals surface area contributed by atoms with Crippen LogP contribution in [0.4, 0.5) is 0 Å². The van der Waals surface area contributed by atoms with E-state index in [-0.39, 0.29) is 11.8 Å². The van der Waals surface area contributed by atoms with Gasteiger partial charge in [-0.1, -0.05) is 36.4 Å². The minimum absolute atomic E-state index is 0.118. The van der Waals surface area contributed by atoms with Crippen LogP contribution in [-0.4, -0.2) is 53.5 Å².